The smallest absolute Gasteiger partial charge is 0.239 e. The minimum Gasteiger partial charge on any atom is -0.322 e. The monoisotopic (exact) mass is 270 g/mol. The van der Waals surface area contributed by atoms with E-state index in [9.17, 15) is 13.6 Å². The maximum atomic E-state index is 13.2. The molecule has 1 N–H and O–H groups in total. The van der Waals surface area contributed by atoms with Crippen LogP contribution in [0.1, 0.15) is 51.9 Å². The normalized spacial score (nSPS) is 10.5. The molecule has 0 saturated heterocycles. The van der Waals surface area contributed by atoms with Gasteiger partial charge in [-0.05, 0) is 18.6 Å². The summed E-state index contributed by atoms with van der Waals surface area (Å²) in [6, 6.07) is 2.19. The first-order valence-corrected chi connectivity index (χ1v) is 6.75. The average molecular weight is 270 g/mol. The lowest BCUT2D eigenvalue weighted by atomic mass is 10.1. The average Bonchev–Trinajstić information content (AvgIpc) is 2.37. The topological polar surface area (TPSA) is 42.0 Å². The van der Waals surface area contributed by atoms with E-state index in [-0.39, 0.29) is 11.6 Å². The molecule has 0 bridgehead atoms. The van der Waals surface area contributed by atoms with Gasteiger partial charge in [0.2, 0.25) is 17.8 Å². The van der Waals surface area contributed by atoms with E-state index in [4.69, 9.17) is 0 Å². The lowest BCUT2D eigenvalue weighted by Crippen LogP contribution is -2.13. The van der Waals surface area contributed by atoms with Gasteiger partial charge in [-0.25, -0.2) is 0 Å². The number of carbonyl (C=O) groups is 1. The van der Waals surface area contributed by atoms with Crippen molar-refractivity contribution in [3.8, 4) is 0 Å². The summed E-state index contributed by atoms with van der Waals surface area (Å²) < 4.78 is 25.7. The number of aromatic nitrogens is 1. The third-order valence-electron chi connectivity index (χ3n) is 2.85. The number of pyridine rings is 1. The summed E-state index contributed by atoms with van der Waals surface area (Å²) in [7, 11) is 0. The van der Waals surface area contributed by atoms with Crippen molar-refractivity contribution in [2.75, 3.05) is 5.32 Å². The van der Waals surface area contributed by atoms with Crippen LogP contribution in [0.25, 0.3) is 0 Å². The highest BCUT2D eigenvalue weighted by atomic mass is 19.1. The van der Waals surface area contributed by atoms with Crippen LogP contribution in [0.5, 0.6) is 0 Å². The summed E-state index contributed by atoms with van der Waals surface area (Å²) in [6.07, 6.45) is 6.85. The van der Waals surface area contributed by atoms with Crippen molar-refractivity contribution in [2.24, 2.45) is 0 Å². The fourth-order valence-corrected chi connectivity index (χ4v) is 1.78. The van der Waals surface area contributed by atoms with Crippen LogP contribution >= 0.6 is 0 Å². The second-order valence-corrected chi connectivity index (χ2v) is 4.54. The molecule has 0 aliphatic carbocycles. The van der Waals surface area contributed by atoms with Crippen LogP contribution in [0.2, 0.25) is 0 Å². The maximum Gasteiger partial charge on any atom is 0.239 e. The largest absolute Gasteiger partial charge is 0.322 e. The van der Waals surface area contributed by atoms with Crippen molar-refractivity contribution in [1.82, 2.24) is 4.98 Å². The van der Waals surface area contributed by atoms with Gasteiger partial charge in [0.05, 0.1) is 5.69 Å². The zero-order valence-electron chi connectivity index (χ0n) is 11.2. The molecule has 1 aromatic rings. The van der Waals surface area contributed by atoms with Gasteiger partial charge in [-0.1, -0.05) is 39.0 Å². The van der Waals surface area contributed by atoms with Crippen LogP contribution in [0.3, 0.4) is 0 Å². The number of nitrogens with one attached hydrogen (secondary N) is 1. The van der Waals surface area contributed by atoms with E-state index in [1.165, 1.54) is 25.3 Å². The number of hydrogen-bond acceptors (Lipinski definition) is 2. The molecular formula is C14H20F2N2O. The molecular weight excluding hydrogens is 250 g/mol. The Morgan fingerprint density at radius 3 is 2.53 bits per heavy atom. The van der Waals surface area contributed by atoms with E-state index >= 15 is 0 Å². The van der Waals surface area contributed by atoms with Gasteiger partial charge < -0.3 is 5.32 Å². The van der Waals surface area contributed by atoms with E-state index in [0.717, 1.165) is 25.3 Å². The molecule has 1 amide bonds. The lowest BCUT2D eigenvalue weighted by Gasteiger charge is -2.05. The van der Waals surface area contributed by atoms with Gasteiger partial charge in [0.15, 0.2) is 0 Å². The van der Waals surface area contributed by atoms with Crippen LogP contribution in [0.15, 0.2) is 12.1 Å². The minimum atomic E-state index is -0.990. The first kappa shape index (κ1) is 15.5. The highest BCUT2D eigenvalue weighted by Gasteiger charge is 2.08. The summed E-state index contributed by atoms with van der Waals surface area (Å²) in [6.45, 7) is 2.15. The highest BCUT2D eigenvalue weighted by Crippen LogP contribution is 2.13. The Balaban J connectivity index is 2.23. The van der Waals surface area contributed by atoms with Gasteiger partial charge in [-0.15, -0.1) is 0 Å². The molecule has 0 unspecified atom stereocenters. The second kappa shape index (κ2) is 8.56. The van der Waals surface area contributed by atoms with Crippen molar-refractivity contribution in [1.29, 1.82) is 0 Å². The fourth-order valence-electron chi connectivity index (χ4n) is 1.78. The summed E-state index contributed by atoms with van der Waals surface area (Å²) in [5, 5.41) is 2.40. The van der Waals surface area contributed by atoms with Crippen LogP contribution in [0, 0.1) is 11.9 Å². The van der Waals surface area contributed by atoms with E-state index in [2.05, 4.69) is 17.2 Å². The Labute approximate surface area is 112 Å². The van der Waals surface area contributed by atoms with Gasteiger partial charge >= 0.3 is 0 Å². The van der Waals surface area contributed by atoms with Crippen molar-refractivity contribution in [3.63, 3.8) is 0 Å². The van der Waals surface area contributed by atoms with Gasteiger partial charge in [-0.2, -0.15) is 13.8 Å². The third-order valence-corrected chi connectivity index (χ3v) is 2.85. The van der Waals surface area contributed by atoms with E-state index in [1.54, 1.807) is 0 Å². The molecule has 1 aromatic heterocycles. The molecule has 19 heavy (non-hydrogen) atoms. The SMILES string of the molecule is CCCCCCCCC(=O)Nc1ccc(F)nc1F. The van der Waals surface area contributed by atoms with Crippen molar-refractivity contribution < 1.29 is 13.6 Å². The molecule has 5 heteroatoms. The zero-order chi connectivity index (χ0) is 14.1. The van der Waals surface area contributed by atoms with Crippen molar-refractivity contribution in [2.45, 2.75) is 51.9 Å². The number of nitrogens with zero attached hydrogens (tertiary/aromatic N) is 1. The Kier molecular flexibility index (Phi) is 7.00. The van der Waals surface area contributed by atoms with Gasteiger partial charge in [0.1, 0.15) is 0 Å². The Morgan fingerprint density at radius 2 is 1.84 bits per heavy atom. The summed E-state index contributed by atoms with van der Waals surface area (Å²) >= 11 is 0. The van der Waals surface area contributed by atoms with Gasteiger partial charge in [0.25, 0.3) is 0 Å². The van der Waals surface area contributed by atoms with Gasteiger partial charge in [-0.3, -0.25) is 4.79 Å². The number of anilines is 1. The highest BCUT2D eigenvalue weighted by molar-refractivity contribution is 5.90. The zero-order valence-corrected chi connectivity index (χ0v) is 11.2. The Morgan fingerprint density at radius 1 is 1.16 bits per heavy atom. The first-order valence-electron chi connectivity index (χ1n) is 6.75. The number of rotatable bonds is 8. The number of amides is 1. The number of unbranched alkanes of at least 4 members (excludes halogenated alkanes) is 5. The molecule has 0 atom stereocenters. The van der Waals surface area contributed by atoms with Crippen LogP contribution < -0.4 is 5.32 Å². The van der Waals surface area contributed by atoms with Crippen LogP contribution in [-0.2, 0) is 4.79 Å². The summed E-state index contributed by atoms with van der Waals surface area (Å²) in [5.74, 6) is -2.15. The number of halogens is 2. The molecule has 0 radical (unpaired) electrons. The molecule has 1 heterocycles. The summed E-state index contributed by atoms with van der Waals surface area (Å²) in [5.41, 5.74) is -0.0719. The van der Waals surface area contributed by atoms with Crippen molar-refractivity contribution in [3.05, 3.63) is 24.0 Å². The molecule has 0 aliphatic heterocycles. The van der Waals surface area contributed by atoms with Crippen molar-refractivity contribution >= 4 is 11.6 Å². The summed E-state index contributed by atoms with van der Waals surface area (Å²) in [4.78, 5) is 14.5. The second-order valence-electron chi connectivity index (χ2n) is 4.54. The molecule has 106 valence electrons. The minimum absolute atomic E-state index is 0.0719. The molecule has 0 saturated carbocycles. The van der Waals surface area contributed by atoms with E-state index in [1.807, 2.05) is 0 Å². The number of hydrogen-bond donors (Lipinski definition) is 1. The van der Waals surface area contributed by atoms with Crippen LogP contribution in [0.4, 0.5) is 14.5 Å². The molecule has 3 nitrogen and oxygen atoms in total. The predicted octanol–water partition coefficient (Wildman–Crippen LogP) is 4.05. The van der Waals surface area contributed by atoms with E-state index < -0.39 is 11.9 Å². The lowest BCUT2D eigenvalue weighted by molar-refractivity contribution is -0.116. The molecule has 1 rings (SSSR count). The first-order chi connectivity index (χ1) is 9.13. The molecule has 0 aliphatic rings. The Hall–Kier alpha value is -1.52. The fraction of sp³-hybridized carbons (Fsp3) is 0.571. The van der Waals surface area contributed by atoms with E-state index in [0.29, 0.717) is 6.42 Å². The third kappa shape index (κ3) is 6.27. The maximum absolute atomic E-state index is 13.2. The van der Waals surface area contributed by atoms with Crippen LogP contribution in [-0.4, -0.2) is 10.9 Å². The van der Waals surface area contributed by atoms with Gasteiger partial charge in [0, 0.05) is 6.42 Å². The predicted molar refractivity (Wildman–Crippen MR) is 70.8 cm³/mol. The standard InChI is InChI=1S/C14H20F2N2O/c1-2-3-4-5-6-7-8-13(19)17-11-9-10-12(15)18-14(11)16/h9-10H,2-8H2,1H3,(H,17,19). The Bertz CT molecular complexity index is 410. The number of carbonyl (C=O) groups excluding carboxylic acids is 1. The molecule has 0 fully saturated rings. The quantitative estimate of drug-likeness (QED) is 0.572. The molecule has 0 spiro atoms. The molecule has 0 aromatic carbocycles.